The second-order valence-electron chi connectivity index (χ2n) is 14.4. The van der Waals surface area contributed by atoms with Gasteiger partial charge in [0.2, 0.25) is 0 Å². The predicted octanol–water partition coefficient (Wildman–Crippen LogP) is 14.7. The van der Waals surface area contributed by atoms with Crippen molar-refractivity contribution in [3.05, 3.63) is 117 Å². The van der Waals surface area contributed by atoms with Crippen molar-refractivity contribution in [2.45, 2.75) is 159 Å². The van der Waals surface area contributed by atoms with E-state index in [1.54, 1.807) is 12.1 Å². The Kier molecular flexibility index (Phi) is 22.9. The second kappa shape index (κ2) is 25.7. The Hall–Kier alpha value is -3.26. The molecule has 48 heavy (non-hydrogen) atoms. The molecule has 0 aliphatic carbocycles. The maximum atomic E-state index is 9.95. The summed E-state index contributed by atoms with van der Waals surface area (Å²) in [5.41, 5.74) is 12.5. The van der Waals surface area contributed by atoms with Crippen LogP contribution in [-0.4, -0.2) is 10.2 Å². The quantitative estimate of drug-likeness (QED) is 0.0910. The van der Waals surface area contributed by atoms with Gasteiger partial charge in [-0.3, -0.25) is 0 Å². The van der Waals surface area contributed by atoms with E-state index in [4.69, 9.17) is 0 Å². The summed E-state index contributed by atoms with van der Waals surface area (Å²) in [4.78, 5) is 0. The summed E-state index contributed by atoms with van der Waals surface area (Å²) in [7, 11) is 0. The van der Waals surface area contributed by atoms with Crippen LogP contribution < -0.4 is 0 Å². The van der Waals surface area contributed by atoms with E-state index in [1.807, 2.05) is 0 Å². The van der Waals surface area contributed by atoms with Crippen LogP contribution in [0.4, 0.5) is 0 Å². The minimum Gasteiger partial charge on any atom is -0.508 e. The molecule has 0 fully saturated rings. The molecule has 1 rings (SSSR count). The molecular weight excluding hydrogens is 585 g/mol. The van der Waals surface area contributed by atoms with Crippen LogP contribution in [0.2, 0.25) is 0 Å². The average molecular weight is 655 g/mol. The first kappa shape index (κ1) is 42.8. The largest absolute Gasteiger partial charge is 0.508 e. The van der Waals surface area contributed by atoms with Crippen LogP contribution in [0.1, 0.15) is 158 Å². The van der Waals surface area contributed by atoms with E-state index in [9.17, 15) is 10.2 Å². The number of allylic oxidation sites excluding steroid dienone is 16. The molecule has 1 aromatic carbocycles. The van der Waals surface area contributed by atoms with Crippen LogP contribution in [-0.2, 0) is 6.42 Å². The Morgan fingerprint density at radius 1 is 0.417 bits per heavy atom. The normalized spacial score (nSPS) is 14.1. The van der Waals surface area contributed by atoms with Crippen molar-refractivity contribution in [2.75, 3.05) is 0 Å². The molecule has 0 radical (unpaired) electrons. The van der Waals surface area contributed by atoms with Gasteiger partial charge in [-0.1, -0.05) is 93.2 Å². The molecule has 0 spiro atoms. The van der Waals surface area contributed by atoms with Crippen molar-refractivity contribution in [3.8, 4) is 11.5 Å². The molecule has 266 valence electrons. The Morgan fingerprint density at radius 3 is 1.02 bits per heavy atom. The first-order valence-electron chi connectivity index (χ1n) is 18.6. The number of phenolic OH excluding ortho intramolecular Hbond substituents is 2. The fourth-order valence-corrected chi connectivity index (χ4v) is 5.60. The lowest BCUT2D eigenvalue weighted by atomic mass is 10.0. The minimum absolute atomic E-state index is 0.192. The number of hydrogen-bond donors (Lipinski definition) is 2. The van der Waals surface area contributed by atoms with Crippen molar-refractivity contribution in [3.63, 3.8) is 0 Å². The van der Waals surface area contributed by atoms with E-state index in [0.29, 0.717) is 6.42 Å². The maximum absolute atomic E-state index is 9.95. The lowest BCUT2D eigenvalue weighted by molar-refractivity contribution is 0.455. The van der Waals surface area contributed by atoms with Crippen LogP contribution in [0.15, 0.2) is 111 Å². The van der Waals surface area contributed by atoms with Gasteiger partial charge in [0.15, 0.2) is 0 Å². The van der Waals surface area contributed by atoms with E-state index < -0.39 is 0 Å². The molecule has 0 bridgehead atoms. The standard InChI is InChI=1S/C46H70O2/c1-36(2)17-10-18-37(3)19-11-20-38(4)21-12-22-39(5)23-13-24-40(6)25-14-26-41(7)27-15-28-42(8)29-16-30-43(9)31-32-44-35-45(47)33-34-46(44)48/h17,19,21,23,25,27,29,31,33-35,47-48H,10-16,18,20,22,24,26,28,30,32H2,1-9H3/b37-19+,38-21+,39-23+,40-25+,41-27+,42-29+,43-31+. The Labute approximate surface area is 296 Å². The number of benzene rings is 1. The van der Waals surface area contributed by atoms with Gasteiger partial charge >= 0.3 is 0 Å². The highest BCUT2D eigenvalue weighted by Gasteiger charge is 2.01. The molecule has 0 saturated carbocycles. The lowest BCUT2D eigenvalue weighted by Gasteiger charge is -2.05. The van der Waals surface area contributed by atoms with Crippen molar-refractivity contribution in [2.24, 2.45) is 0 Å². The van der Waals surface area contributed by atoms with Gasteiger partial charge in [0.25, 0.3) is 0 Å². The summed E-state index contributed by atoms with van der Waals surface area (Å²) >= 11 is 0. The Balaban J connectivity index is 2.25. The van der Waals surface area contributed by atoms with Crippen LogP contribution in [0.3, 0.4) is 0 Å². The summed E-state index contributed by atoms with van der Waals surface area (Å²) in [6.45, 7) is 20.1. The monoisotopic (exact) mass is 655 g/mol. The molecule has 0 saturated heterocycles. The highest BCUT2D eigenvalue weighted by Crippen LogP contribution is 2.24. The average Bonchev–Trinajstić information content (AvgIpc) is 3.01. The SMILES string of the molecule is CC(C)=CCC/C(C)=C/CC/C(C)=C/CC/C(C)=C/CC/C(C)=C/CC/C(C)=C/CC/C(C)=C/CC/C(C)=C/Cc1cc(O)ccc1O. The first-order valence-corrected chi connectivity index (χ1v) is 18.6. The zero-order valence-electron chi connectivity index (χ0n) is 32.4. The fraction of sp³-hybridized carbons (Fsp3) is 0.522. The van der Waals surface area contributed by atoms with Crippen molar-refractivity contribution >= 4 is 0 Å². The Morgan fingerprint density at radius 2 is 0.708 bits per heavy atom. The van der Waals surface area contributed by atoms with Crippen LogP contribution in [0.25, 0.3) is 0 Å². The number of aromatic hydroxyl groups is 2. The summed E-state index contributed by atoms with van der Waals surface area (Å²) in [6, 6.07) is 4.69. The molecule has 0 aromatic heterocycles. The smallest absolute Gasteiger partial charge is 0.119 e. The zero-order chi connectivity index (χ0) is 35.7. The number of phenols is 2. The van der Waals surface area contributed by atoms with Gasteiger partial charge in [-0.2, -0.15) is 0 Å². The van der Waals surface area contributed by atoms with E-state index in [1.165, 1.54) is 69.9 Å². The molecule has 0 unspecified atom stereocenters. The van der Waals surface area contributed by atoms with Crippen LogP contribution in [0, 0.1) is 0 Å². The summed E-state index contributed by atoms with van der Waals surface area (Å²) in [5, 5.41) is 19.6. The minimum atomic E-state index is 0.192. The molecule has 0 amide bonds. The third kappa shape index (κ3) is 23.1. The highest BCUT2D eigenvalue weighted by atomic mass is 16.3. The molecule has 1 aromatic rings. The number of hydrogen-bond acceptors (Lipinski definition) is 2. The Bertz CT molecular complexity index is 1330. The maximum Gasteiger partial charge on any atom is 0.119 e. The topological polar surface area (TPSA) is 40.5 Å². The molecule has 0 aliphatic rings. The van der Waals surface area contributed by atoms with Gasteiger partial charge in [-0.25, -0.2) is 0 Å². The molecule has 0 atom stereocenters. The van der Waals surface area contributed by atoms with E-state index in [-0.39, 0.29) is 11.5 Å². The highest BCUT2D eigenvalue weighted by molar-refractivity contribution is 5.40. The van der Waals surface area contributed by atoms with Crippen molar-refractivity contribution in [1.29, 1.82) is 0 Å². The molecule has 2 heteroatoms. The van der Waals surface area contributed by atoms with Crippen LogP contribution >= 0.6 is 0 Å². The van der Waals surface area contributed by atoms with Gasteiger partial charge in [0.05, 0.1) is 0 Å². The molecule has 2 nitrogen and oxygen atoms in total. The van der Waals surface area contributed by atoms with Gasteiger partial charge in [-0.05, 0) is 177 Å². The van der Waals surface area contributed by atoms with Crippen molar-refractivity contribution < 1.29 is 10.2 Å². The van der Waals surface area contributed by atoms with E-state index in [0.717, 1.165) is 76.2 Å². The molecular formula is C46H70O2. The van der Waals surface area contributed by atoms with Gasteiger partial charge in [0, 0.05) is 5.56 Å². The summed E-state index contributed by atoms with van der Waals surface area (Å²) in [6.07, 6.45) is 35.5. The molecule has 0 heterocycles. The number of rotatable bonds is 23. The third-order valence-corrected chi connectivity index (χ3v) is 9.01. The molecule has 2 N–H and O–H groups in total. The van der Waals surface area contributed by atoms with Crippen molar-refractivity contribution in [1.82, 2.24) is 0 Å². The fourth-order valence-electron chi connectivity index (χ4n) is 5.60. The summed E-state index contributed by atoms with van der Waals surface area (Å²) in [5.74, 6) is 0.429. The second-order valence-corrected chi connectivity index (χ2v) is 14.4. The molecule has 0 aliphatic heterocycles. The lowest BCUT2D eigenvalue weighted by Crippen LogP contribution is -1.86. The van der Waals surface area contributed by atoms with Gasteiger partial charge in [-0.15, -0.1) is 0 Å². The van der Waals surface area contributed by atoms with E-state index in [2.05, 4.69) is 111 Å². The third-order valence-electron chi connectivity index (χ3n) is 9.01. The van der Waals surface area contributed by atoms with Gasteiger partial charge < -0.3 is 10.2 Å². The van der Waals surface area contributed by atoms with Crippen LogP contribution in [0.5, 0.6) is 11.5 Å². The first-order chi connectivity index (χ1) is 22.8. The summed E-state index contributed by atoms with van der Waals surface area (Å²) < 4.78 is 0. The predicted molar refractivity (Wildman–Crippen MR) is 214 cm³/mol. The van der Waals surface area contributed by atoms with E-state index >= 15 is 0 Å². The van der Waals surface area contributed by atoms with Gasteiger partial charge in [0.1, 0.15) is 11.5 Å². The zero-order valence-corrected chi connectivity index (χ0v) is 32.4.